The number of carboxylic acids is 1. The number of rotatable bonds is 5. The monoisotopic (exact) mass is 292 g/mol. The number of aliphatic carboxylic acids is 1. The van der Waals surface area contributed by atoms with Crippen LogP contribution in [0.5, 0.6) is 0 Å². The lowest BCUT2D eigenvalue weighted by molar-refractivity contribution is -0.148. The normalized spacial score (nSPS) is 19.6. The maximum Gasteiger partial charge on any atom is 0.326 e. The van der Waals surface area contributed by atoms with Crippen molar-refractivity contribution >= 4 is 17.8 Å². The van der Waals surface area contributed by atoms with Gasteiger partial charge in [-0.05, 0) is 24.8 Å². The van der Waals surface area contributed by atoms with Crippen molar-refractivity contribution in [3.63, 3.8) is 0 Å². The number of nitrogens with one attached hydrogen (secondary N) is 1. The van der Waals surface area contributed by atoms with Gasteiger partial charge in [0.15, 0.2) is 0 Å². The number of aromatic nitrogens is 2. The molecule has 1 aromatic rings. The van der Waals surface area contributed by atoms with E-state index >= 15 is 0 Å². The summed E-state index contributed by atoms with van der Waals surface area (Å²) in [6, 6.07) is 0.433. The van der Waals surface area contributed by atoms with Crippen LogP contribution in [0, 0.1) is 5.92 Å². The molecule has 1 fully saturated rings. The molecule has 0 aliphatic carbocycles. The molecule has 2 rings (SSSR count). The molecular weight excluding hydrogens is 272 g/mol. The highest BCUT2D eigenvalue weighted by Crippen LogP contribution is 2.21. The van der Waals surface area contributed by atoms with Crippen LogP contribution < -0.4 is 5.32 Å². The number of hydrogen-bond donors (Lipinski definition) is 2. The van der Waals surface area contributed by atoms with Gasteiger partial charge in [-0.2, -0.15) is 0 Å². The highest BCUT2D eigenvalue weighted by Gasteiger charge is 2.38. The molecule has 2 atom stereocenters. The smallest absolute Gasteiger partial charge is 0.326 e. The molecule has 1 saturated heterocycles. The van der Waals surface area contributed by atoms with Gasteiger partial charge < -0.3 is 15.3 Å². The first-order chi connectivity index (χ1) is 10.0. The Kier molecular flexibility index (Phi) is 4.72. The Labute approximate surface area is 123 Å². The van der Waals surface area contributed by atoms with E-state index in [9.17, 15) is 14.7 Å². The second kappa shape index (κ2) is 6.51. The topological polar surface area (TPSA) is 95.4 Å². The highest BCUT2D eigenvalue weighted by atomic mass is 16.4. The molecule has 0 spiro atoms. The summed E-state index contributed by atoms with van der Waals surface area (Å²) in [7, 11) is 0. The summed E-state index contributed by atoms with van der Waals surface area (Å²) < 4.78 is 0. The van der Waals surface area contributed by atoms with Gasteiger partial charge >= 0.3 is 5.97 Å². The number of carbonyl (C=O) groups is 2. The summed E-state index contributed by atoms with van der Waals surface area (Å²) in [5.41, 5.74) is 0. The molecule has 21 heavy (non-hydrogen) atoms. The van der Waals surface area contributed by atoms with E-state index in [0.29, 0.717) is 18.9 Å². The van der Waals surface area contributed by atoms with Gasteiger partial charge in [-0.15, -0.1) is 0 Å². The lowest BCUT2D eigenvalue weighted by Crippen LogP contribution is -2.49. The number of hydrogen-bond acceptors (Lipinski definition) is 5. The first-order valence-corrected chi connectivity index (χ1v) is 7.07. The molecule has 7 heteroatoms. The van der Waals surface area contributed by atoms with Gasteiger partial charge in [0.1, 0.15) is 12.1 Å². The minimum Gasteiger partial charge on any atom is -0.480 e. The summed E-state index contributed by atoms with van der Waals surface area (Å²) in [4.78, 5) is 33.4. The third-order valence-electron chi connectivity index (χ3n) is 3.60. The second-order valence-corrected chi connectivity index (χ2v) is 5.47. The van der Waals surface area contributed by atoms with Crippen LogP contribution in [0.3, 0.4) is 0 Å². The summed E-state index contributed by atoms with van der Waals surface area (Å²) >= 11 is 0. The SMILES string of the molecule is CC(C)[C@H](Nc1ncccn1)C(=O)N1CCC[C@H]1C(=O)O. The molecule has 2 heterocycles. The zero-order valence-corrected chi connectivity index (χ0v) is 12.2. The number of carbonyl (C=O) groups excluding carboxylic acids is 1. The summed E-state index contributed by atoms with van der Waals surface area (Å²) in [6.07, 6.45) is 4.41. The first kappa shape index (κ1) is 15.2. The summed E-state index contributed by atoms with van der Waals surface area (Å²) in [5.74, 6) is -0.784. The van der Waals surface area contributed by atoms with E-state index in [4.69, 9.17) is 0 Å². The van der Waals surface area contributed by atoms with Gasteiger partial charge in [0.2, 0.25) is 11.9 Å². The standard InChI is InChI=1S/C14H20N4O3/c1-9(2)11(17-14-15-6-4-7-16-14)12(19)18-8-3-5-10(18)13(20)21/h4,6-7,9-11H,3,5,8H2,1-2H3,(H,20,21)(H,15,16,17)/t10-,11-/m0/s1. The first-order valence-electron chi connectivity index (χ1n) is 7.07. The van der Waals surface area contributed by atoms with E-state index in [1.54, 1.807) is 18.5 Å². The summed E-state index contributed by atoms with van der Waals surface area (Å²) in [6.45, 7) is 4.30. The average Bonchev–Trinajstić information content (AvgIpc) is 2.94. The Balaban J connectivity index is 2.14. The van der Waals surface area contributed by atoms with Gasteiger partial charge in [-0.1, -0.05) is 13.8 Å². The van der Waals surface area contributed by atoms with Gasteiger partial charge in [0.25, 0.3) is 0 Å². The Bertz CT molecular complexity index is 506. The number of anilines is 1. The molecule has 1 aromatic heterocycles. The van der Waals surface area contributed by atoms with Gasteiger partial charge in [0, 0.05) is 18.9 Å². The molecule has 1 aliphatic rings. The minimum atomic E-state index is -0.945. The molecule has 114 valence electrons. The number of carboxylic acid groups (broad SMARTS) is 1. The van der Waals surface area contributed by atoms with Crippen molar-refractivity contribution in [1.29, 1.82) is 0 Å². The van der Waals surface area contributed by atoms with Crippen molar-refractivity contribution in [1.82, 2.24) is 14.9 Å². The van der Waals surface area contributed by atoms with Crippen LogP contribution >= 0.6 is 0 Å². The molecule has 1 aliphatic heterocycles. The molecule has 0 saturated carbocycles. The lowest BCUT2D eigenvalue weighted by Gasteiger charge is -2.29. The zero-order chi connectivity index (χ0) is 15.4. The third-order valence-corrected chi connectivity index (χ3v) is 3.60. The van der Waals surface area contributed by atoms with Crippen LogP contribution in [0.15, 0.2) is 18.5 Å². The van der Waals surface area contributed by atoms with Gasteiger partial charge in [0.05, 0.1) is 0 Å². The minimum absolute atomic E-state index is 0.00338. The number of likely N-dealkylation sites (tertiary alicyclic amines) is 1. The predicted octanol–water partition coefficient (Wildman–Crippen LogP) is 0.989. The van der Waals surface area contributed by atoms with Crippen molar-refractivity contribution in [2.24, 2.45) is 5.92 Å². The third kappa shape index (κ3) is 3.48. The average molecular weight is 292 g/mol. The van der Waals surface area contributed by atoms with Crippen LogP contribution in [-0.2, 0) is 9.59 Å². The van der Waals surface area contributed by atoms with Crippen molar-refractivity contribution in [3.05, 3.63) is 18.5 Å². The van der Waals surface area contributed by atoms with Crippen LogP contribution in [0.4, 0.5) is 5.95 Å². The maximum atomic E-state index is 12.7. The molecule has 0 aromatic carbocycles. The Hall–Kier alpha value is -2.18. The Morgan fingerprint density at radius 2 is 2.05 bits per heavy atom. The fraction of sp³-hybridized carbons (Fsp3) is 0.571. The largest absolute Gasteiger partial charge is 0.480 e. The molecule has 1 amide bonds. The number of amides is 1. The molecule has 7 nitrogen and oxygen atoms in total. The van der Waals surface area contributed by atoms with Crippen molar-refractivity contribution in [2.75, 3.05) is 11.9 Å². The van der Waals surface area contributed by atoms with E-state index in [1.165, 1.54) is 4.90 Å². The fourth-order valence-electron chi connectivity index (χ4n) is 2.49. The van der Waals surface area contributed by atoms with Gasteiger partial charge in [-0.3, -0.25) is 4.79 Å². The maximum absolute atomic E-state index is 12.7. The Morgan fingerprint density at radius 1 is 1.38 bits per heavy atom. The van der Waals surface area contributed by atoms with E-state index in [0.717, 1.165) is 6.42 Å². The van der Waals surface area contributed by atoms with Crippen molar-refractivity contribution in [2.45, 2.75) is 38.8 Å². The number of nitrogens with zero attached hydrogens (tertiary/aromatic N) is 3. The molecule has 2 N–H and O–H groups in total. The lowest BCUT2D eigenvalue weighted by atomic mass is 10.0. The van der Waals surface area contributed by atoms with E-state index < -0.39 is 18.1 Å². The quantitative estimate of drug-likeness (QED) is 0.840. The van der Waals surface area contributed by atoms with E-state index in [-0.39, 0.29) is 11.8 Å². The molecule has 0 radical (unpaired) electrons. The van der Waals surface area contributed by atoms with Crippen LogP contribution in [0.25, 0.3) is 0 Å². The Morgan fingerprint density at radius 3 is 2.62 bits per heavy atom. The summed E-state index contributed by atoms with van der Waals surface area (Å²) in [5, 5.41) is 12.2. The predicted molar refractivity (Wildman–Crippen MR) is 76.7 cm³/mol. The van der Waals surface area contributed by atoms with E-state index in [2.05, 4.69) is 15.3 Å². The molecule has 0 bridgehead atoms. The fourth-order valence-corrected chi connectivity index (χ4v) is 2.49. The van der Waals surface area contributed by atoms with Crippen LogP contribution in [-0.4, -0.2) is 50.5 Å². The van der Waals surface area contributed by atoms with Crippen molar-refractivity contribution in [3.8, 4) is 0 Å². The van der Waals surface area contributed by atoms with E-state index in [1.807, 2.05) is 13.8 Å². The van der Waals surface area contributed by atoms with Crippen LogP contribution in [0.2, 0.25) is 0 Å². The molecule has 0 unspecified atom stereocenters. The second-order valence-electron chi connectivity index (χ2n) is 5.47. The van der Waals surface area contributed by atoms with Crippen molar-refractivity contribution < 1.29 is 14.7 Å². The highest BCUT2D eigenvalue weighted by molar-refractivity contribution is 5.89. The molecular formula is C14H20N4O3. The zero-order valence-electron chi connectivity index (χ0n) is 12.2. The van der Waals surface area contributed by atoms with Crippen LogP contribution in [0.1, 0.15) is 26.7 Å². The van der Waals surface area contributed by atoms with Gasteiger partial charge in [-0.25, -0.2) is 14.8 Å².